The molecule has 5 heteroatoms. The number of hydrogen-bond donors (Lipinski definition) is 0. The molecule has 0 aromatic heterocycles. The highest BCUT2D eigenvalue weighted by Crippen LogP contribution is 1.92. The Morgan fingerprint density at radius 2 is 1.92 bits per heavy atom. The van der Waals surface area contributed by atoms with E-state index in [1.165, 1.54) is 6.26 Å². The van der Waals surface area contributed by atoms with Crippen molar-refractivity contribution in [3.8, 4) is 0 Å². The molecule has 0 heterocycles. The molecule has 0 aliphatic carbocycles. The Morgan fingerprint density at radius 3 is 2.25 bits per heavy atom. The van der Waals surface area contributed by atoms with Gasteiger partial charge in [0.05, 0.1) is 5.75 Å². The van der Waals surface area contributed by atoms with Gasteiger partial charge in [-0.15, -0.1) is 11.6 Å². The number of hydrogen-bond acceptors (Lipinski definition) is 3. The van der Waals surface area contributed by atoms with Crippen molar-refractivity contribution in [2.24, 2.45) is 0 Å². The molecule has 0 aliphatic heterocycles. The molecule has 0 atom stereocenters. The van der Waals surface area contributed by atoms with E-state index < -0.39 is 9.84 Å². The second-order valence-corrected chi connectivity index (χ2v) is 5.39. The monoisotopic (exact) mass is 213 g/mol. The molecule has 0 spiro atoms. The highest BCUT2D eigenvalue weighted by atomic mass is 35.5. The van der Waals surface area contributed by atoms with Crippen molar-refractivity contribution in [3.63, 3.8) is 0 Å². The first-order chi connectivity index (χ1) is 5.49. The van der Waals surface area contributed by atoms with Crippen LogP contribution >= 0.6 is 11.6 Å². The van der Waals surface area contributed by atoms with Crippen molar-refractivity contribution >= 4 is 21.4 Å². The molecule has 12 heavy (non-hydrogen) atoms. The van der Waals surface area contributed by atoms with Crippen molar-refractivity contribution < 1.29 is 8.42 Å². The van der Waals surface area contributed by atoms with Crippen LogP contribution in [0.1, 0.15) is 6.92 Å². The molecule has 74 valence electrons. The van der Waals surface area contributed by atoms with Gasteiger partial charge in [0.15, 0.2) is 0 Å². The molecule has 0 aromatic rings. The van der Waals surface area contributed by atoms with Gasteiger partial charge in [-0.25, -0.2) is 8.42 Å². The average molecular weight is 214 g/mol. The lowest BCUT2D eigenvalue weighted by Crippen LogP contribution is -2.30. The van der Waals surface area contributed by atoms with E-state index in [2.05, 4.69) is 0 Å². The summed E-state index contributed by atoms with van der Waals surface area (Å²) in [6.45, 7) is 4.19. The summed E-state index contributed by atoms with van der Waals surface area (Å²) in [6, 6.07) is 0. The fourth-order valence-corrected chi connectivity index (χ4v) is 1.67. The third kappa shape index (κ3) is 6.88. The van der Waals surface area contributed by atoms with Crippen LogP contribution in [0.3, 0.4) is 0 Å². The van der Waals surface area contributed by atoms with E-state index in [4.69, 9.17) is 11.6 Å². The number of sulfone groups is 1. The Bertz CT molecular complexity index is 203. The molecule has 0 N–H and O–H groups in total. The Hall–Kier alpha value is 0.200. The average Bonchev–Trinajstić information content (AvgIpc) is 1.96. The molecule has 0 saturated heterocycles. The van der Waals surface area contributed by atoms with Gasteiger partial charge in [0, 0.05) is 25.2 Å². The summed E-state index contributed by atoms with van der Waals surface area (Å²) in [6.07, 6.45) is 1.25. The fourth-order valence-electron chi connectivity index (χ4n) is 0.842. The van der Waals surface area contributed by atoms with Crippen molar-refractivity contribution in [3.05, 3.63) is 0 Å². The van der Waals surface area contributed by atoms with Crippen LogP contribution in [0.25, 0.3) is 0 Å². The van der Waals surface area contributed by atoms with Gasteiger partial charge in [-0.2, -0.15) is 0 Å². The van der Waals surface area contributed by atoms with E-state index in [0.717, 1.165) is 13.1 Å². The third-order valence-corrected chi connectivity index (χ3v) is 2.72. The first-order valence-electron chi connectivity index (χ1n) is 3.95. The minimum atomic E-state index is -2.83. The van der Waals surface area contributed by atoms with Crippen LogP contribution in [0.2, 0.25) is 0 Å². The number of rotatable bonds is 6. The predicted octanol–water partition coefficient (Wildman–Crippen LogP) is 0.592. The molecule has 3 nitrogen and oxygen atoms in total. The van der Waals surface area contributed by atoms with Gasteiger partial charge in [-0.05, 0) is 6.54 Å². The maximum absolute atomic E-state index is 10.8. The number of halogens is 1. The van der Waals surface area contributed by atoms with E-state index in [-0.39, 0.29) is 5.75 Å². The lowest BCUT2D eigenvalue weighted by molar-refractivity contribution is 0.323. The van der Waals surface area contributed by atoms with Crippen molar-refractivity contribution in [1.82, 2.24) is 4.90 Å². The molecule has 0 fully saturated rings. The van der Waals surface area contributed by atoms with Gasteiger partial charge in [0.2, 0.25) is 0 Å². The molecule has 0 aromatic carbocycles. The molecule has 0 amide bonds. The number of alkyl halides is 1. The van der Waals surface area contributed by atoms with E-state index in [1.807, 2.05) is 11.8 Å². The predicted molar refractivity (Wildman–Crippen MR) is 52.5 cm³/mol. The number of nitrogens with zero attached hydrogens (tertiary/aromatic N) is 1. The van der Waals surface area contributed by atoms with E-state index >= 15 is 0 Å². The SMILES string of the molecule is CCN(CCCl)CCS(C)(=O)=O. The summed E-state index contributed by atoms with van der Waals surface area (Å²) in [5, 5.41) is 0. The molecule has 0 saturated carbocycles. The van der Waals surface area contributed by atoms with Gasteiger partial charge < -0.3 is 4.90 Å². The second-order valence-electron chi connectivity index (χ2n) is 2.75. The molecule has 0 rings (SSSR count). The summed E-state index contributed by atoms with van der Waals surface area (Å²) >= 11 is 5.53. The second kappa shape index (κ2) is 5.78. The largest absolute Gasteiger partial charge is 0.301 e. The first kappa shape index (κ1) is 12.2. The highest BCUT2D eigenvalue weighted by molar-refractivity contribution is 7.90. The standard InChI is InChI=1S/C7H16ClNO2S/c1-3-9(5-4-8)6-7-12(2,10)11/h3-7H2,1-2H3. The lowest BCUT2D eigenvalue weighted by Gasteiger charge is -2.17. The third-order valence-electron chi connectivity index (χ3n) is 1.63. The maximum atomic E-state index is 10.8. The summed E-state index contributed by atoms with van der Waals surface area (Å²) < 4.78 is 21.6. The van der Waals surface area contributed by atoms with Gasteiger partial charge in [-0.1, -0.05) is 6.92 Å². The van der Waals surface area contributed by atoms with Crippen molar-refractivity contribution in [2.45, 2.75) is 6.92 Å². The van der Waals surface area contributed by atoms with Crippen LogP contribution in [0.15, 0.2) is 0 Å². The van der Waals surface area contributed by atoms with Crippen molar-refractivity contribution in [2.75, 3.05) is 37.5 Å². The Balaban J connectivity index is 3.73. The fraction of sp³-hybridized carbons (Fsp3) is 1.00. The quantitative estimate of drug-likeness (QED) is 0.607. The topological polar surface area (TPSA) is 37.4 Å². The van der Waals surface area contributed by atoms with Gasteiger partial charge in [0.25, 0.3) is 0 Å². The molecular weight excluding hydrogens is 198 g/mol. The molecular formula is C7H16ClNO2S. The summed E-state index contributed by atoms with van der Waals surface area (Å²) in [7, 11) is -2.83. The highest BCUT2D eigenvalue weighted by Gasteiger charge is 2.06. The van der Waals surface area contributed by atoms with Crippen LogP contribution in [0.5, 0.6) is 0 Å². The van der Waals surface area contributed by atoms with Gasteiger partial charge in [-0.3, -0.25) is 0 Å². The lowest BCUT2D eigenvalue weighted by atomic mass is 10.5. The minimum Gasteiger partial charge on any atom is -0.301 e. The normalized spacial score (nSPS) is 12.3. The van der Waals surface area contributed by atoms with Crippen LogP contribution in [-0.4, -0.2) is 50.8 Å². The summed E-state index contributed by atoms with van der Waals surface area (Å²) in [4.78, 5) is 2.02. The molecule has 0 aliphatic rings. The van der Waals surface area contributed by atoms with Gasteiger partial charge >= 0.3 is 0 Å². The summed E-state index contributed by atoms with van der Waals surface area (Å²) in [5.74, 6) is 0.773. The smallest absolute Gasteiger partial charge is 0.148 e. The minimum absolute atomic E-state index is 0.220. The molecule has 0 bridgehead atoms. The van der Waals surface area contributed by atoms with Crippen LogP contribution in [0.4, 0.5) is 0 Å². The van der Waals surface area contributed by atoms with Crippen LogP contribution in [-0.2, 0) is 9.84 Å². The Morgan fingerprint density at radius 1 is 1.33 bits per heavy atom. The van der Waals surface area contributed by atoms with Crippen molar-refractivity contribution in [1.29, 1.82) is 0 Å². The first-order valence-corrected chi connectivity index (χ1v) is 6.55. The van der Waals surface area contributed by atoms with E-state index in [0.29, 0.717) is 12.4 Å². The Kier molecular flexibility index (Phi) is 5.88. The maximum Gasteiger partial charge on any atom is 0.148 e. The van der Waals surface area contributed by atoms with Crippen LogP contribution in [0, 0.1) is 0 Å². The van der Waals surface area contributed by atoms with E-state index in [1.54, 1.807) is 0 Å². The van der Waals surface area contributed by atoms with Crippen LogP contribution < -0.4 is 0 Å². The summed E-state index contributed by atoms with van der Waals surface area (Å²) in [5.41, 5.74) is 0. The zero-order chi connectivity index (χ0) is 9.61. The zero-order valence-corrected chi connectivity index (χ0v) is 9.16. The zero-order valence-electron chi connectivity index (χ0n) is 7.59. The molecule has 0 unspecified atom stereocenters. The van der Waals surface area contributed by atoms with E-state index in [9.17, 15) is 8.42 Å². The Labute approximate surface area is 79.6 Å². The molecule has 0 radical (unpaired) electrons. The van der Waals surface area contributed by atoms with Gasteiger partial charge in [0.1, 0.15) is 9.84 Å².